The summed E-state index contributed by atoms with van der Waals surface area (Å²) in [4.78, 5) is 3.07. The zero-order valence-electron chi connectivity index (χ0n) is 15.7. The van der Waals surface area contributed by atoms with Crippen molar-refractivity contribution >= 4 is 0 Å². The van der Waals surface area contributed by atoms with Crippen LogP contribution in [0.2, 0.25) is 0 Å². The van der Waals surface area contributed by atoms with Crippen LogP contribution < -0.4 is 0 Å². The van der Waals surface area contributed by atoms with E-state index in [4.69, 9.17) is 5.53 Å². The number of hydrogen-bond acceptors (Lipinski definition) is 1. The molecule has 4 aliphatic carbocycles. The van der Waals surface area contributed by atoms with Gasteiger partial charge < -0.3 is 0 Å². The Morgan fingerprint density at radius 2 is 2.00 bits per heavy atom. The Labute approximate surface area is 146 Å². The summed E-state index contributed by atoms with van der Waals surface area (Å²) in [6.45, 7) is 7.56. The zero-order chi connectivity index (χ0) is 16.9. The van der Waals surface area contributed by atoms with E-state index < -0.39 is 0 Å². The molecule has 0 saturated heterocycles. The second-order valence-electron chi connectivity index (χ2n) is 9.59. The molecule has 0 aliphatic heterocycles. The quantitative estimate of drug-likeness (QED) is 0.236. The van der Waals surface area contributed by atoms with Gasteiger partial charge in [-0.3, -0.25) is 0 Å². The lowest BCUT2D eigenvalue weighted by Crippen LogP contribution is -2.50. The number of hydrogen-bond donors (Lipinski definition) is 0. The fourth-order valence-corrected chi connectivity index (χ4v) is 7.59. The van der Waals surface area contributed by atoms with Gasteiger partial charge in [0, 0.05) is 11.0 Å². The normalized spacial score (nSPS) is 50.1. The van der Waals surface area contributed by atoms with Gasteiger partial charge >= 0.3 is 0 Å². The smallest absolute Gasteiger partial charge is 0.0411 e. The molecule has 0 heterocycles. The number of allylic oxidation sites excluding steroid dienone is 1. The number of fused-ring (bicyclic) bond motifs is 5. The van der Waals surface area contributed by atoms with E-state index in [2.05, 4.69) is 36.9 Å². The second-order valence-corrected chi connectivity index (χ2v) is 9.59. The summed E-state index contributed by atoms with van der Waals surface area (Å²) in [6.07, 6.45) is 14.4. The summed E-state index contributed by atoms with van der Waals surface area (Å²) >= 11 is 0. The highest BCUT2D eigenvalue weighted by atomic mass is 15.1. The van der Waals surface area contributed by atoms with Gasteiger partial charge in [0.2, 0.25) is 0 Å². The lowest BCUT2D eigenvalue weighted by molar-refractivity contribution is -0.0424. The van der Waals surface area contributed by atoms with Crippen molar-refractivity contribution in [3.8, 4) is 0 Å². The molecule has 4 rings (SSSR count). The molecule has 4 aliphatic rings. The Balaban J connectivity index is 1.62. The minimum atomic E-state index is 0.204. The maximum absolute atomic E-state index is 8.78. The molecule has 7 atom stereocenters. The molecule has 0 N–H and O–H groups in total. The van der Waals surface area contributed by atoms with Gasteiger partial charge in [0.1, 0.15) is 0 Å². The standard InChI is InChI=1S/C21H33N3/c1-4-14-6-8-18-17-7-5-15-13-16(23-24-22)9-11-21(15,3)19(17)10-12-20(14,18)2/h5,14,16-19H,4,6-13H2,1-3H3/t14-,16?,17-,18-,19-,20+,21-/m0/s1. The minimum absolute atomic E-state index is 0.204. The maximum Gasteiger partial charge on any atom is 0.0411 e. The topological polar surface area (TPSA) is 48.8 Å². The SMILES string of the molecule is CC[C@H]1CC[C@H]2[C@@H]3CC=C4CC(N=[N+]=[N-])CC[C@]4(C)[C@H]3CC[C@]12C. The van der Waals surface area contributed by atoms with Crippen LogP contribution in [0.25, 0.3) is 10.4 Å². The van der Waals surface area contributed by atoms with Crippen LogP contribution in [0.3, 0.4) is 0 Å². The number of rotatable bonds is 2. The molecule has 3 nitrogen and oxygen atoms in total. The van der Waals surface area contributed by atoms with Gasteiger partial charge in [0.15, 0.2) is 0 Å². The first-order valence-electron chi connectivity index (χ1n) is 10.3. The fourth-order valence-electron chi connectivity index (χ4n) is 7.59. The van der Waals surface area contributed by atoms with Crippen molar-refractivity contribution < 1.29 is 0 Å². The van der Waals surface area contributed by atoms with Gasteiger partial charge in [0.25, 0.3) is 0 Å². The molecule has 1 unspecified atom stereocenters. The predicted molar refractivity (Wildman–Crippen MR) is 98.4 cm³/mol. The van der Waals surface area contributed by atoms with Crippen LogP contribution >= 0.6 is 0 Å². The van der Waals surface area contributed by atoms with Gasteiger partial charge in [-0.05, 0) is 91.4 Å². The zero-order valence-corrected chi connectivity index (χ0v) is 15.7. The average Bonchev–Trinajstić information content (AvgIpc) is 2.92. The van der Waals surface area contributed by atoms with Crippen LogP contribution in [0.15, 0.2) is 16.8 Å². The summed E-state index contributed by atoms with van der Waals surface area (Å²) in [5.41, 5.74) is 11.4. The molecule has 3 heteroatoms. The third-order valence-electron chi connectivity index (χ3n) is 8.98. The van der Waals surface area contributed by atoms with E-state index >= 15 is 0 Å². The van der Waals surface area contributed by atoms with Crippen LogP contribution in [-0.4, -0.2) is 6.04 Å². The van der Waals surface area contributed by atoms with Gasteiger partial charge in [-0.15, -0.1) is 0 Å². The summed E-state index contributed by atoms with van der Waals surface area (Å²) in [7, 11) is 0. The van der Waals surface area contributed by atoms with Crippen LogP contribution in [0, 0.1) is 34.5 Å². The highest BCUT2D eigenvalue weighted by Gasteiger charge is 2.57. The second kappa shape index (κ2) is 5.80. The first-order chi connectivity index (χ1) is 11.5. The fraction of sp³-hybridized carbons (Fsp3) is 0.905. The lowest BCUT2D eigenvalue weighted by Gasteiger charge is -2.58. The Hall–Kier alpha value is -0.950. The molecule has 0 spiro atoms. The van der Waals surface area contributed by atoms with Gasteiger partial charge in [0.05, 0.1) is 0 Å². The van der Waals surface area contributed by atoms with E-state index in [0.29, 0.717) is 10.8 Å². The highest BCUT2D eigenvalue weighted by Crippen LogP contribution is 2.66. The Kier molecular flexibility index (Phi) is 3.99. The van der Waals surface area contributed by atoms with E-state index in [1.165, 1.54) is 44.9 Å². The van der Waals surface area contributed by atoms with Crippen molar-refractivity contribution in [2.24, 2.45) is 39.6 Å². The van der Waals surface area contributed by atoms with Crippen molar-refractivity contribution in [3.63, 3.8) is 0 Å². The van der Waals surface area contributed by atoms with Gasteiger partial charge in [-0.2, -0.15) is 0 Å². The first kappa shape index (κ1) is 16.5. The summed E-state index contributed by atoms with van der Waals surface area (Å²) in [5.74, 6) is 3.69. The molecule has 0 bridgehead atoms. The molecule has 24 heavy (non-hydrogen) atoms. The molecule has 3 fully saturated rings. The van der Waals surface area contributed by atoms with Crippen molar-refractivity contribution in [3.05, 3.63) is 22.1 Å². The summed E-state index contributed by atoms with van der Waals surface area (Å²) in [5, 5.41) is 4.03. The Morgan fingerprint density at radius 1 is 1.17 bits per heavy atom. The van der Waals surface area contributed by atoms with Crippen LogP contribution in [-0.2, 0) is 0 Å². The Bertz CT molecular complexity index is 590. The van der Waals surface area contributed by atoms with Crippen molar-refractivity contribution in [1.29, 1.82) is 0 Å². The van der Waals surface area contributed by atoms with Crippen LogP contribution in [0.5, 0.6) is 0 Å². The number of azide groups is 1. The first-order valence-corrected chi connectivity index (χ1v) is 10.3. The summed E-state index contributed by atoms with van der Waals surface area (Å²) in [6, 6.07) is 0.204. The highest BCUT2D eigenvalue weighted by molar-refractivity contribution is 5.25. The van der Waals surface area contributed by atoms with Gasteiger partial charge in [-0.25, -0.2) is 0 Å². The molecule has 0 aromatic rings. The van der Waals surface area contributed by atoms with Crippen molar-refractivity contribution in [1.82, 2.24) is 0 Å². The molecule has 0 aromatic carbocycles. The van der Waals surface area contributed by atoms with Crippen molar-refractivity contribution in [2.45, 2.75) is 84.6 Å². The predicted octanol–water partition coefficient (Wildman–Crippen LogP) is 6.65. The molecular formula is C21H33N3. The summed E-state index contributed by atoms with van der Waals surface area (Å²) < 4.78 is 0. The molecule has 0 aromatic heterocycles. The van der Waals surface area contributed by atoms with Crippen LogP contribution in [0.1, 0.15) is 78.6 Å². The van der Waals surface area contributed by atoms with Crippen molar-refractivity contribution in [2.75, 3.05) is 0 Å². The molecule has 3 saturated carbocycles. The minimum Gasteiger partial charge on any atom is -0.0903 e. The Morgan fingerprint density at radius 3 is 2.75 bits per heavy atom. The average molecular weight is 328 g/mol. The van der Waals surface area contributed by atoms with E-state index in [1.54, 1.807) is 5.57 Å². The number of nitrogens with zero attached hydrogens (tertiary/aromatic N) is 3. The van der Waals surface area contributed by atoms with E-state index in [9.17, 15) is 0 Å². The molecule has 0 radical (unpaired) electrons. The largest absolute Gasteiger partial charge is 0.0903 e. The lowest BCUT2D eigenvalue weighted by atomic mass is 9.47. The van der Waals surface area contributed by atoms with Gasteiger partial charge in [-0.1, -0.05) is 44.0 Å². The third-order valence-corrected chi connectivity index (χ3v) is 8.98. The van der Waals surface area contributed by atoms with Crippen LogP contribution in [0.4, 0.5) is 0 Å². The molecule has 132 valence electrons. The monoisotopic (exact) mass is 327 g/mol. The third kappa shape index (κ3) is 2.20. The van der Waals surface area contributed by atoms with E-state index in [-0.39, 0.29) is 6.04 Å². The molecular weight excluding hydrogens is 294 g/mol. The maximum atomic E-state index is 8.78. The van der Waals surface area contributed by atoms with E-state index in [1.807, 2.05) is 0 Å². The molecule has 0 amide bonds. The van der Waals surface area contributed by atoms with E-state index in [0.717, 1.165) is 36.5 Å².